The van der Waals surface area contributed by atoms with Crippen molar-refractivity contribution in [1.82, 2.24) is 10.2 Å². The van der Waals surface area contributed by atoms with Gasteiger partial charge in [0.2, 0.25) is 0 Å². The molecule has 0 saturated heterocycles. The van der Waals surface area contributed by atoms with E-state index in [0.717, 1.165) is 36.0 Å². The fourth-order valence-electron chi connectivity index (χ4n) is 1.66. The standard InChI is InChI=1S/C14H21BrN2O/c1-17(2)7-8-18-13-5-6-14(15)11(9-13)10-16-12-3-4-12/h5-6,9,12,16H,3-4,7-8,10H2,1-2H3. The van der Waals surface area contributed by atoms with Crippen LogP contribution in [0.25, 0.3) is 0 Å². The van der Waals surface area contributed by atoms with Crippen LogP contribution in [0, 0.1) is 0 Å². The van der Waals surface area contributed by atoms with Crippen molar-refractivity contribution in [1.29, 1.82) is 0 Å². The van der Waals surface area contributed by atoms with Gasteiger partial charge < -0.3 is 15.0 Å². The Kier molecular flexibility index (Phi) is 5.03. The second-order valence-corrected chi connectivity index (χ2v) is 5.91. The Labute approximate surface area is 118 Å². The van der Waals surface area contributed by atoms with Crippen molar-refractivity contribution in [2.45, 2.75) is 25.4 Å². The van der Waals surface area contributed by atoms with Crippen molar-refractivity contribution in [3.8, 4) is 5.75 Å². The van der Waals surface area contributed by atoms with Gasteiger partial charge in [0, 0.05) is 23.6 Å². The Morgan fingerprint density at radius 1 is 1.39 bits per heavy atom. The molecule has 1 N–H and O–H groups in total. The molecule has 0 unspecified atom stereocenters. The highest BCUT2D eigenvalue weighted by atomic mass is 79.9. The molecule has 1 saturated carbocycles. The van der Waals surface area contributed by atoms with E-state index in [1.807, 2.05) is 6.07 Å². The van der Waals surface area contributed by atoms with Crippen molar-refractivity contribution in [3.63, 3.8) is 0 Å². The van der Waals surface area contributed by atoms with E-state index in [-0.39, 0.29) is 0 Å². The van der Waals surface area contributed by atoms with Crippen LogP contribution in [-0.4, -0.2) is 38.2 Å². The Balaban J connectivity index is 1.87. The maximum atomic E-state index is 5.74. The normalized spacial score (nSPS) is 15.1. The first-order valence-electron chi connectivity index (χ1n) is 6.44. The Hall–Kier alpha value is -0.580. The van der Waals surface area contributed by atoms with Crippen LogP contribution < -0.4 is 10.1 Å². The van der Waals surface area contributed by atoms with Crippen LogP contribution in [0.1, 0.15) is 18.4 Å². The molecule has 0 bridgehead atoms. The van der Waals surface area contributed by atoms with Crippen molar-refractivity contribution in [2.75, 3.05) is 27.2 Å². The topological polar surface area (TPSA) is 24.5 Å². The molecule has 0 heterocycles. The maximum absolute atomic E-state index is 5.74. The second kappa shape index (κ2) is 6.55. The number of hydrogen-bond donors (Lipinski definition) is 1. The Bertz CT molecular complexity index is 391. The van der Waals surface area contributed by atoms with E-state index in [1.54, 1.807) is 0 Å². The number of nitrogens with zero attached hydrogens (tertiary/aromatic N) is 1. The lowest BCUT2D eigenvalue weighted by Gasteiger charge is -2.13. The summed E-state index contributed by atoms with van der Waals surface area (Å²) in [5.74, 6) is 0.952. The van der Waals surface area contributed by atoms with Gasteiger partial charge in [0.1, 0.15) is 12.4 Å². The van der Waals surface area contributed by atoms with Crippen molar-refractivity contribution < 1.29 is 4.74 Å². The minimum absolute atomic E-state index is 0.726. The summed E-state index contributed by atoms with van der Waals surface area (Å²) in [7, 11) is 4.10. The minimum Gasteiger partial charge on any atom is -0.492 e. The van der Waals surface area contributed by atoms with Gasteiger partial charge in [-0.2, -0.15) is 0 Å². The third-order valence-corrected chi connectivity index (χ3v) is 3.76. The number of likely N-dealkylation sites (N-methyl/N-ethyl adjacent to an activating group) is 1. The molecule has 1 fully saturated rings. The monoisotopic (exact) mass is 312 g/mol. The first kappa shape index (κ1) is 13.8. The van der Waals surface area contributed by atoms with Crippen molar-refractivity contribution in [2.24, 2.45) is 0 Å². The molecule has 0 atom stereocenters. The number of rotatable bonds is 7. The number of nitrogens with one attached hydrogen (secondary N) is 1. The summed E-state index contributed by atoms with van der Waals surface area (Å²) in [6, 6.07) is 6.93. The summed E-state index contributed by atoms with van der Waals surface area (Å²) in [6.07, 6.45) is 2.63. The molecule has 1 aromatic rings. The summed E-state index contributed by atoms with van der Waals surface area (Å²) in [5.41, 5.74) is 1.27. The van der Waals surface area contributed by atoms with Crippen LogP contribution in [0.2, 0.25) is 0 Å². The zero-order valence-electron chi connectivity index (χ0n) is 11.1. The smallest absolute Gasteiger partial charge is 0.119 e. The van der Waals surface area contributed by atoms with Crippen molar-refractivity contribution >= 4 is 15.9 Å². The molecule has 2 rings (SSSR count). The van der Waals surface area contributed by atoms with E-state index >= 15 is 0 Å². The predicted molar refractivity (Wildman–Crippen MR) is 78.1 cm³/mol. The van der Waals surface area contributed by atoms with Crippen LogP contribution in [0.4, 0.5) is 0 Å². The Morgan fingerprint density at radius 3 is 2.83 bits per heavy atom. The number of benzene rings is 1. The van der Waals surface area contributed by atoms with E-state index in [0.29, 0.717) is 0 Å². The minimum atomic E-state index is 0.726. The van der Waals surface area contributed by atoms with Gasteiger partial charge >= 0.3 is 0 Å². The van der Waals surface area contributed by atoms with E-state index in [1.165, 1.54) is 18.4 Å². The van der Waals surface area contributed by atoms with Crippen LogP contribution in [-0.2, 0) is 6.54 Å². The molecule has 3 nitrogen and oxygen atoms in total. The van der Waals surface area contributed by atoms with Gasteiger partial charge in [-0.3, -0.25) is 0 Å². The molecule has 1 aliphatic carbocycles. The van der Waals surface area contributed by atoms with Gasteiger partial charge in [-0.1, -0.05) is 15.9 Å². The van der Waals surface area contributed by atoms with Crippen molar-refractivity contribution in [3.05, 3.63) is 28.2 Å². The molecular weight excluding hydrogens is 292 g/mol. The lowest BCUT2D eigenvalue weighted by atomic mass is 10.2. The fraction of sp³-hybridized carbons (Fsp3) is 0.571. The van der Waals surface area contributed by atoms with Crippen LogP contribution in [0.5, 0.6) is 5.75 Å². The maximum Gasteiger partial charge on any atom is 0.119 e. The third kappa shape index (κ3) is 4.59. The summed E-state index contributed by atoms with van der Waals surface area (Å²) in [4.78, 5) is 2.12. The van der Waals surface area contributed by atoms with E-state index < -0.39 is 0 Å². The fourth-order valence-corrected chi connectivity index (χ4v) is 2.05. The molecule has 0 aromatic heterocycles. The van der Waals surface area contributed by atoms with E-state index in [9.17, 15) is 0 Å². The van der Waals surface area contributed by atoms with Crippen LogP contribution in [0.3, 0.4) is 0 Å². The highest BCUT2D eigenvalue weighted by molar-refractivity contribution is 9.10. The second-order valence-electron chi connectivity index (χ2n) is 5.06. The lowest BCUT2D eigenvalue weighted by Crippen LogP contribution is -2.19. The van der Waals surface area contributed by atoms with Gasteiger partial charge in [0.15, 0.2) is 0 Å². The molecule has 0 amide bonds. The number of halogens is 1. The molecule has 18 heavy (non-hydrogen) atoms. The van der Waals surface area contributed by atoms with Crippen LogP contribution >= 0.6 is 15.9 Å². The molecular formula is C14H21BrN2O. The first-order chi connectivity index (χ1) is 8.65. The molecule has 0 radical (unpaired) electrons. The van der Waals surface area contributed by atoms with E-state index in [4.69, 9.17) is 4.74 Å². The van der Waals surface area contributed by atoms with Gasteiger partial charge in [0.25, 0.3) is 0 Å². The number of hydrogen-bond acceptors (Lipinski definition) is 3. The van der Waals surface area contributed by atoms with E-state index in [2.05, 4.69) is 52.4 Å². The van der Waals surface area contributed by atoms with Gasteiger partial charge in [0.05, 0.1) is 0 Å². The summed E-state index contributed by atoms with van der Waals surface area (Å²) < 4.78 is 6.89. The van der Waals surface area contributed by atoms with Crippen LogP contribution in [0.15, 0.2) is 22.7 Å². The zero-order valence-corrected chi connectivity index (χ0v) is 12.7. The van der Waals surface area contributed by atoms with Gasteiger partial charge in [-0.15, -0.1) is 0 Å². The Morgan fingerprint density at radius 2 is 2.17 bits per heavy atom. The quantitative estimate of drug-likeness (QED) is 0.837. The van der Waals surface area contributed by atoms with Gasteiger partial charge in [-0.25, -0.2) is 0 Å². The highest BCUT2D eigenvalue weighted by Crippen LogP contribution is 2.25. The summed E-state index contributed by atoms with van der Waals surface area (Å²) in [6.45, 7) is 2.58. The highest BCUT2D eigenvalue weighted by Gasteiger charge is 2.20. The average Bonchev–Trinajstić information content (AvgIpc) is 3.13. The number of ether oxygens (including phenoxy) is 1. The van der Waals surface area contributed by atoms with Gasteiger partial charge in [-0.05, 0) is 50.7 Å². The molecule has 1 aliphatic rings. The summed E-state index contributed by atoms with van der Waals surface area (Å²) in [5, 5.41) is 3.52. The average molecular weight is 313 g/mol. The predicted octanol–water partition coefficient (Wildman–Crippen LogP) is 2.64. The molecule has 0 aliphatic heterocycles. The molecule has 4 heteroatoms. The lowest BCUT2D eigenvalue weighted by molar-refractivity contribution is 0.261. The zero-order chi connectivity index (χ0) is 13.0. The largest absolute Gasteiger partial charge is 0.492 e. The first-order valence-corrected chi connectivity index (χ1v) is 7.24. The molecule has 0 spiro atoms. The third-order valence-electron chi connectivity index (χ3n) is 2.98. The SMILES string of the molecule is CN(C)CCOc1ccc(Br)c(CNC2CC2)c1. The summed E-state index contributed by atoms with van der Waals surface area (Å²) >= 11 is 3.59. The molecule has 1 aromatic carbocycles. The molecule has 100 valence electrons.